The van der Waals surface area contributed by atoms with Gasteiger partial charge >= 0.3 is 0 Å². The van der Waals surface area contributed by atoms with Gasteiger partial charge in [-0.05, 0) is 19.8 Å². The third-order valence-corrected chi connectivity index (χ3v) is 1.84. The Morgan fingerprint density at radius 2 is 2.08 bits per heavy atom. The van der Waals surface area contributed by atoms with E-state index in [0.29, 0.717) is 13.0 Å². The molecule has 0 aliphatic heterocycles. The molecular weight excluding hydrogens is 154 g/mol. The van der Waals surface area contributed by atoms with Crippen molar-refractivity contribution in [2.24, 2.45) is 5.92 Å². The Morgan fingerprint density at radius 1 is 1.42 bits per heavy atom. The van der Waals surface area contributed by atoms with E-state index in [1.54, 1.807) is 0 Å². The van der Waals surface area contributed by atoms with E-state index in [-0.39, 0.29) is 18.4 Å². The molecule has 0 saturated heterocycles. The van der Waals surface area contributed by atoms with Crippen molar-refractivity contribution in [3.05, 3.63) is 0 Å². The van der Waals surface area contributed by atoms with Crippen molar-refractivity contribution in [2.75, 3.05) is 13.2 Å². The van der Waals surface area contributed by atoms with Crippen LogP contribution >= 0.6 is 0 Å². The normalized spacial score (nSPS) is 12.6. The first-order chi connectivity index (χ1) is 5.76. The first kappa shape index (κ1) is 11.4. The summed E-state index contributed by atoms with van der Waals surface area (Å²) in [6.45, 7) is 4.72. The van der Waals surface area contributed by atoms with Crippen LogP contribution in [-0.2, 0) is 4.79 Å². The Bertz CT molecular complexity index is 120. The van der Waals surface area contributed by atoms with Crippen LogP contribution in [0.4, 0.5) is 0 Å². The van der Waals surface area contributed by atoms with Gasteiger partial charge in [-0.2, -0.15) is 0 Å². The van der Waals surface area contributed by atoms with Gasteiger partial charge in [0.2, 0.25) is 5.91 Å². The minimum atomic E-state index is -0.0000463. The number of amides is 1. The Morgan fingerprint density at radius 3 is 2.50 bits per heavy atom. The third-order valence-electron chi connectivity index (χ3n) is 1.84. The largest absolute Gasteiger partial charge is 0.396 e. The van der Waals surface area contributed by atoms with Crippen molar-refractivity contribution in [2.45, 2.75) is 33.1 Å². The molecule has 1 atom stereocenters. The van der Waals surface area contributed by atoms with Crippen LogP contribution in [0.15, 0.2) is 0 Å². The molecule has 0 aliphatic carbocycles. The number of carbonyl (C=O) groups is 1. The van der Waals surface area contributed by atoms with Gasteiger partial charge in [0.15, 0.2) is 0 Å². The zero-order valence-corrected chi connectivity index (χ0v) is 7.97. The van der Waals surface area contributed by atoms with Crippen LogP contribution in [0.2, 0.25) is 0 Å². The smallest absolute Gasteiger partial charge is 0.223 e. The van der Waals surface area contributed by atoms with E-state index in [2.05, 4.69) is 5.32 Å². The van der Waals surface area contributed by atoms with Crippen LogP contribution in [0, 0.1) is 5.92 Å². The molecular formula is C9H19NO2. The maximum absolute atomic E-state index is 11.3. The second kappa shape index (κ2) is 7.10. The maximum atomic E-state index is 11.3. The molecule has 0 aromatic carbocycles. The number of nitrogens with one attached hydrogen (secondary N) is 1. The van der Waals surface area contributed by atoms with E-state index < -0.39 is 0 Å². The molecule has 0 aromatic heterocycles. The lowest BCUT2D eigenvalue weighted by molar-refractivity contribution is -0.125. The van der Waals surface area contributed by atoms with Crippen molar-refractivity contribution >= 4 is 5.91 Å². The Kier molecular flexibility index (Phi) is 6.76. The van der Waals surface area contributed by atoms with E-state index in [0.717, 1.165) is 12.8 Å². The number of rotatable bonds is 6. The van der Waals surface area contributed by atoms with Gasteiger partial charge in [-0.1, -0.05) is 13.3 Å². The highest BCUT2D eigenvalue weighted by atomic mass is 16.3. The predicted octanol–water partition coefficient (Wildman–Crippen LogP) is 0.921. The summed E-state index contributed by atoms with van der Waals surface area (Å²) in [6.07, 6.45) is 2.44. The molecule has 72 valence electrons. The average molecular weight is 173 g/mol. The Labute approximate surface area is 74.2 Å². The van der Waals surface area contributed by atoms with Crippen molar-refractivity contribution in [3.63, 3.8) is 0 Å². The molecule has 3 nitrogen and oxygen atoms in total. The lowest BCUT2D eigenvalue weighted by Gasteiger charge is -2.13. The van der Waals surface area contributed by atoms with E-state index >= 15 is 0 Å². The van der Waals surface area contributed by atoms with Crippen LogP contribution in [0.1, 0.15) is 33.1 Å². The highest BCUT2D eigenvalue weighted by Crippen LogP contribution is 2.10. The highest BCUT2D eigenvalue weighted by Gasteiger charge is 2.15. The number of aliphatic hydroxyl groups is 1. The van der Waals surface area contributed by atoms with Crippen LogP contribution in [0.3, 0.4) is 0 Å². The molecule has 0 rings (SSSR count). The van der Waals surface area contributed by atoms with E-state index in [4.69, 9.17) is 5.11 Å². The minimum absolute atomic E-state index is 0.0000463. The van der Waals surface area contributed by atoms with Gasteiger partial charge in [0, 0.05) is 19.1 Å². The summed E-state index contributed by atoms with van der Waals surface area (Å²) in [7, 11) is 0. The summed E-state index contributed by atoms with van der Waals surface area (Å²) in [5.74, 6) is 0.0772. The zero-order chi connectivity index (χ0) is 9.40. The van der Waals surface area contributed by atoms with Crippen LogP contribution in [0.5, 0.6) is 0 Å². The van der Waals surface area contributed by atoms with Gasteiger partial charge in [-0.25, -0.2) is 0 Å². The van der Waals surface area contributed by atoms with Gasteiger partial charge in [0.05, 0.1) is 0 Å². The predicted molar refractivity (Wildman–Crippen MR) is 48.8 cm³/mol. The third kappa shape index (κ3) is 4.34. The second-order valence-electron chi connectivity index (χ2n) is 2.89. The monoisotopic (exact) mass is 173 g/mol. The number of hydrogen-bond acceptors (Lipinski definition) is 2. The molecule has 2 N–H and O–H groups in total. The van der Waals surface area contributed by atoms with Gasteiger partial charge in [-0.3, -0.25) is 4.79 Å². The Balaban J connectivity index is 3.81. The number of aliphatic hydroxyl groups excluding tert-OH is 1. The fraction of sp³-hybridized carbons (Fsp3) is 0.889. The summed E-state index contributed by atoms with van der Waals surface area (Å²) >= 11 is 0. The van der Waals surface area contributed by atoms with Gasteiger partial charge in [0.25, 0.3) is 0 Å². The molecule has 0 aromatic rings. The molecule has 0 saturated carbocycles. The molecule has 0 aliphatic rings. The topological polar surface area (TPSA) is 49.3 Å². The summed E-state index contributed by atoms with van der Waals surface area (Å²) in [5, 5.41) is 11.5. The summed E-state index contributed by atoms with van der Waals surface area (Å²) < 4.78 is 0. The quantitative estimate of drug-likeness (QED) is 0.627. The van der Waals surface area contributed by atoms with Crippen molar-refractivity contribution in [3.8, 4) is 0 Å². The molecule has 0 heterocycles. The fourth-order valence-corrected chi connectivity index (χ4v) is 1.23. The molecule has 0 fully saturated rings. The lowest BCUT2D eigenvalue weighted by Crippen LogP contribution is -2.30. The van der Waals surface area contributed by atoms with Gasteiger partial charge in [0.1, 0.15) is 0 Å². The zero-order valence-electron chi connectivity index (χ0n) is 7.97. The van der Waals surface area contributed by atoms with Crippen LogP contribution in [-0.4, -0.2) is 24.2 Å². The Hall–Kier alpha value is -0.570. The SMILES string of the molecule is CCCC(CCO)C(=O)NCC. The molecule has 1 amide bonds. The molecule has 1 unspecified atom stereocenters. The summed E-state index contributed by atoms with van der Waals surface area (Å²) in [6, 6.07) is 0. The summed E-state index contributed by atoms with van der Waals surface area (Å²) in [4.78, 5) is 11.3. The highest BCUT2D eigenvalue weighted by molar-refractivity contribution is 5.78. The van der Waals surface area contributed by atoms with E-state index in [1.807, 2.05) is 13.8 Å². The lowest BCUT2D eigenvalue weighted by atomic mass is 9.99. The average Bonchev–Trinajstić information content (AvgIpc) is 2.04. The first-order valence-electron chi connectivity index (χ1n) is 4.64. The maximum Gasteiger partial charge on any atom is 0.223 e. The number of carbonyl (C=O) groups excluding carboxylic acids is 1. The molecule has 12 heavy (non-hydrogen) atoms. The standard InChI is InChI=1S/C9H19NO2/c1-3-5-8(6-7-11)9(12)10-4-2/h8,11H,3-7H2,1-2H3,(H,10,12). The van der Waals surface area contributed by atoms with Crippen LogP contribution in [0.25, 0.3) is 0 Å². The molecule has 0 bridgehead atoms. The minimum Gasteiger partial charge on any atom is -0.396 e. The van der Waals surface area contributed by atoms with Crippen molar-refractivity contribution in [1.29, 1.82) is 0 Å². The molecule has 0 radical (unpaired) electrons. The summed E-state index contributed by atoms with van der Waals surface area (Å²) in [5.41, 5.74) is 0. The van der Waals surface area contributed by atoms with Crippen molar-refractivity contribution < 1.29 is 9.90 Å². The van der Waals surface area contributed by atoms with Gasteiger partial charge in [-0.15, -0.1) is 0 Å². The number of hydrogen-bond donors (Lipinski definition) is 2. The molecule has 0 spiro atoms. The fourth-order valence-electron chi connectivity index (χ4n) is 1.23. The first-order valence-corrected chi connectivity index (χ1v) is 4.64. The van der Waals surface area contributed by atoms with E-state index in [1.165, 1.54) is 0 Å². The molecule has 3 heteroatoms. The van der Waals surface area contributed by atoms with Crippen LogP contribution < -0.4 is 5.32 Å². The van der Waals surface area contributed by atoms with E-state index in [9.17, 15) is 4.79 Å². The van der Waals surface area contributed by atoms with Crippen molar-refractivity contribution in [1.82, 2.24) is 5.32 Å². The van der Waals surface area contributed by atoms with Gasteiger partial charge < -0.3 is 10.4 Å². The second-order valence-corrected chi connectivity index (χ2v) is 2.89.